The summed E-state index contributed by atoms with van der Waals surface area (Å²) in [4.78, 5) is 23.8. The van der Waals surface area contributed by atoms with Gasteiger partial charge >= 0.3 is 0 Å². The van der Waals surface area contributed by atoms with E-state index in [1.165, 1.54) is 0 Å². The third-order valence-electron chi connectivity index (χ3n) is 5.26. The summed E-state index contributed by atoms with van der Waals surface area (Å²) in [5.41, 5.74) is 5.35. The molecule has 2 aliphatic rings. The molecule has 1 aromatic heterocycles. The zero-order valence-corrected chi connectivity index (χ0v) is 16.4. The number of carbonyl (C=O) groups excluding carboxylic acids is 1. The molecule has 5 nitrogen and oxygen atoms in total. The Morgan fingerprint density at radius 1 is 1.11 bits per heavy atom. The average molecular weight is 360 g/mol. The van der Waals surface area contributed by atoms with Gasteiger partial charge in [-0.25, -0.2) is 9.97 Å². The minimum atomic E-state index is -0.561. The molecular weight excluding hydrogens is 336 g/mol. The Morgan fingerprint density at radius 3 is 2.48 bits per heavy atom. The van der Waals surface area contributed by atoms with Crippen LogP contribution in [0.5, 0.6) is 0 Å². The lowest BCUT2D eigenvalue weighted by Crippen LogP contribution is -2.37. The van der Waals surface area contributed by atoms with E-state index in [9.17, 15) is 4.79 Å². The Kier molecular flexibility index (Phi) is 3.91. The third kappa shape index (κ3) is 2.83. The number of dihydropyridines is 1. The number of nitrogens with one attached hydrogen (secondary N) is 1. The highest BCUT2D eigenvalue weighted by atomic mass is 16.2. The molecule has 0 bridgehead atoms. The molecule has 0 fully saturated rings. The number of nitrogens with zero attached hydrogens (tertiary/aromatic N) is 3. The number of allylic oxidation sites excluding steroid dienone is 2. The van der Waals surface area contributed by atoms with Gasteiger partial charge in [0.2, 0.25) is 5.91 Å². The van der Waals surface area contributed by atoms with Gasteiger partial charge in [0.1, 0.15) is 5.82 Å². The molecule has 2 aromatic rings. The number of aryl methyl sites for hydroxylation is 1. The highest BCUT2D eigenvalue weighted by Crippen LogP contribution is 2.45. The van der Waals surface area contributed by atoms with Gasteiger partial charge in [0, 0.05) is 35.4 Å². The number of fused-ring (bicyclic) bond motifs is 1. The summed E-state index contributed by atoms with van der Waals surface area (Å²) in [6.07, 6.45) is 7.78. The van der Waals surface area contributed by atoms with Crippen LogP contribution in [-0.2, 0) is 10.2 Å². The zero-order valence-electron chi connectivity index (χ0n) is 16.4. The third-order valence-corrected chi connectivity index (χ3v) is 5.26. The number of hydrogen-bond acceptors (Lipinski definition) is 4. The molecule has 27 heavy (non-hydrogen) atoms. The summed E-state index contributed by atoms with van der Waals surface area (Å²) in [6, 6.07) is 6.36. The Hall–Kier alpha value is -2.95. The number of amides is 1. The molecule has 0 saturated carbocycles. The van der Waals surface area contributed by atoms with E-state index in [-0.39, 0.29) is 11.9 Å². The van der Waals surface area contributed by atoms with Gasteiger partial charge in [-0.15, -0.1) is 0 Å². The largest absolute Gasteiger partial charge is 0.383 e. The number of carbonyl (C=O) groups is 1. The standard InChI is InChI=1S/C22H24N4O/c1-13-8-18(9-14(2)25-13)26-20-10-16(17-11-23-15(3)24-12-17)6-7-19(20)22(4,5)21(26)27/h6-13,25H,1-5H3. The van der Waals surface area contributed by atoms with Gasteiger partial charge < -0.3 is 5.32 Å². The van der Waals surface area contributed by atoms with Crippen molar-refractivity contribution in [3.8, 4) is 11.1 Å². The first-order chi connectivity index (χ1) is 12.8. The predicted octanol–water partition coefficient (Wildman–Crippen LogP) is 3.86. The minimum Gasteiger partial charge on any atom is -0.383 e. The van der Waals surface area contributed by atoms with Gasteiger partial charge in [-0.3, -0.25) is 9.69 Å². The Balaban J connectivity index is 1.86. The van der Waals surface area contributed by atoms with Crippen molar-refractivity contribution in [2.75, 3.05) is 4.90 Å². The normalized spacial score (nSPS) is 20.7. The number of benzene rings is 1. The maximum atomic E-state index is 13.3. The van der Waals surface area contributed by atoms with E-state index in [1.54, 1.807) is 0 Å². The quantitative estimate of drug-likeness (QED) is 0.884. The van der Waals surface area contributed by atoms with Crippen molar-refractivity contribution in [2.45, 2.75) is 46.1 Å². The maximum absolute atomic E-state index is 13.3. The van der Waals surface area contributed by atoms with Crippen molar-refractivity contribution in [3.63, 3.8) is 0 Å². The Morgan fingerprint density at radius 2 is 1.81 bits per heavy atom. The first kappa shape index (κ1) is 17.5. The van der Waals surface area contributed by atoms with Crippen LogP contribution in [0.1, 0.15) is 39.1 Å². The van der Waals surface area contributed by atoms with Gasteiger partial charge in [0.15, 0.2) is 0 Å². The van der Waals surface area contributed by atoms with Crippen LogP contribution in [0.2, 0.25) is 0 Å². The fourth-order valence-electron chi connectivity index (χ4n) is 3.83. The zero-order chi connectivity index (χ0) is 19.3. The van der Waals surface area contributed by atoms with Crippen molar-refractivity contribution in [2.24, 2.45) is 0 Å². The van der Waals surface area contributed by atoms with Gasteiger partial charge in [-0.1, -0.05) is 12.1 Å². The summed E-state index contributed by atoms with van der Waals surface area (Å²) in [5.74, 6) is 0.839. The molecule has 1 atom stereocenters. The topological polar surface area (TPSA) is 58.1 Å². The van der Waals surface area contributed by atoms with Crippen molar-refractivity contribution in [3.05, 3.63) is 65.5 Å². The first-order valence-corrected chi connectivity index (χ1v) is 9.22. The van der Waals surface area contributed by atoms with E-state index in [0.29, 0.717) is 0 Å². The van der Waals surface area contributed by atoms with Crippen molar-refractivity contribution < 1.29 is 4.79 Å². The number of aromatic nitrogens is 2. The van der Waals surface area contributed by atoms with E-state index < -0.39 is 5.41 Å². The second-order valence-corrected chi connectivity index (χ2v) is 7.87. The van der Waals surface area contributed by atoms with Gasteiger partial charge in [0.25, 0.3) is 0 Å². The van der Waals surface area contributed by atoms with Gasteiger partial charge in [-0.05, 0) is 64.0 Å². The van der Waals surface area contributed by atoms with E-state index >= 15 is 0 Å². The molecule has 1 unspecified atom stereocenters. The Bertz CT molecular complexity index is 986. The lowest BCUT2D eigenvalue weighted by molar-refractivity contribution is -0.121. The minimum absolute atomic E-state index is 0.0965. The smallest absolute Gasteiger partial charge is 0.241 e. The predicted molar refractivity (Wildman–Crippen MR) is 107 cm³/mol. The molecule has 0 aliphatic carbocycles. The first-order valence-electron chi connectivity index (χ1n) is 9.22. The second-order valence-electron chi connectivity index (χ2n) is 7.87. The molecule has 5 heteroatoms. The summed E-state index contributed by atoms with van der Waals surface area (Å²) in [5, 5.41) is 3.36. The fraction of sp³-hybridized carbons (Fsp3) is 0.318. The highest BCUT2D eigenvalue weighted by molar-refractivity contribution is 6.10. The molecule has 2 aliphatic heterocycles. The molecule has 0 radical (unpaired) electrons. The van der Waals surface area contributed by atoms with Crippen LogP contribution in [0, 0.1) is 6.92 Å². The molecule has 1 amide bonds. The number of rotatable bonds is 2. The Labute approximate surface area is 159 Å². The van der Waals surface area contributed by atoms with Crippen LogP contribution in [0.25, 0.3) is 11.1 Å². The molecule has 3 heterocycles. The number of hydrogen-bond donors (Lipinski definition) is 1. The van der Waals surface area contributed by atoms with Crippen LogP contribution in [0.4, 0.5) is 5.69 Å². The number of anilines is 1. The molecule has 4 rings (SSSR count). The van der Waals surface area contributed by atoms with E-state index in [2.05, 4.69) is 40.4 Å². The molecule has 1 aromatic carbocycles. The summed E-state index contributed by atoms with van der Waals surface area (Å²) in [6.45, 7) is 9.96. The van der Waals surface area contributed by atoms with Crippen molar-refractivity contribution >= 4 is 11.6 Å². The lowest BCUT2D eigenvalue weighted by atomic mass is 9.85. The van der Waals surface area contributed by atoms with E-state index in [0.717, 1.165) is 39.6 Å². The lowest BCUT2D eigenvalue weighted by Gasteiger charge is -2.27. The van der Waals surface area contributed by atoms with E-state index in [4.69, 9.17) is 0 Å². The van der Waals surface area contributed by atoms with Crippen LogP contribution in [0.3, 0.4) is 0 Å². The summed E-state index contributed by atoms with van der Waals surface area (Å²) in [7, 11) is 0. The monoisotopic (exact) mass is 360 g/mol. The SMILES string of the molecule is CC1=CC(N2C(=O)C(C)(C)c3ccc(-c4cnc(C)nc4)cc32)=CC(C)N1. The fourth-order valence-corrected chi connectivity index (χ4v) is 3.83. The van der Waals surface area contributed by atoms with Crippen LogP contribution in [0.15, 0.2) is 54.1 Å². The second kappa shape index (κ2) is 6.05. The van der Waals surface area contributed by atoms with Crippen LogP contribution in [-0.4, -0.2) is 21.9 Å². The molecule has 1 N–H and O–H groups in total. The van der Waals surface area contributed by atoms with Crippen molar-refractivity contribution in [1.29, 1.82) is 0 Å². The van der Waals surface area contributed by atoms with Crippen LogP contribution < -0.4 is 10.2 Å². The van der Waals surface area contributed by atoms with Crippen LogP contribution >= 0.6 is 0 Å². The molecular formula is C22H24N4O. The van der Waals surface area contributed by atoms with E-state index in [1.807, 2.05) is 57.1 Å². The highest BCUT2D eigenvalue weighted by Gasteiger charge is 2.45. The van der Waals surface area contributed by atoms with Gasteiger partial charge in [0.05, 0.1) is 11.1 Å². The summed E-state index contributed by atoms with van der Waals surface area (Å²) >= 11 is 0. The molecule has 0 saturated heterocycles. The average Bonchev–Trinajstić information content (AvgIpc) is 2.81. The summed E-state index contributed by atoms with van der Waals surface area (Å²) < 4.78 is 0. The molecule has 0 spiro atoms. The van der Waals surface area contributed by atoms with Crippen molar-refractivity contribution in [1.82, 2.24) is 15.3 Å². The maximum Gasteiger partial charge on any atom is 0.241 e. The van der Waals surface area contributed by atoms with Gasteiger partial charge in [-0.2, -0.15) is 0 Å². The molecule has 138 valence electrons.